The lowest BCUT2D eigenvalue weighted by atomic mass is 9.43. The van der Waals surface area contributed by atoms with E-state index >= 15 is 0 Å². The molecule has 12 atom stereocenters. The minimum absolute atomic E-state index is 0.0403. The zero-order valence-corrected chi connectivity index (χ0v) is 22.9. The van der Waals surface area contributed by atoms with Gasteiger partial charge >= 0.3 is 5.97 Å². The van der Waals surface area contributed by atoms with Crippen molar-refractivity contribution < 1.29 is 39.5 Å². The highest BCUT2D eigenvalue weighted by atomic mass is 16.7. The molecule has 9 nitrogen and oxygen atoms in total. The number of aliphatic hydroxyl groups excluding tert-OH is 3. The molecular formula is C29H45NO8. The van der Waals surface area contributed by atoms with Gasteiger partial charge in [0.15, 0.2) is 6.23 Å². The van der Waals surface area contributed by atoms with Crippen LogP contribution in [0.25, 0.3) is 0 Å². The van der Waals surface area contributed by atoms with Crippen molar-refractivity contribution in [2.24, 2.45) is 34.5 Å². The van der Waals surface area contributed by atoms with Crippen molar-refractivity contribution in [3.8, 4) is 0 Å². The molecule has 0 aromatic heterocycles. The third-order valence-electron chi connectivity index (χ3n) is 12.3. The molecule has 0 radical (unpaired) electrons. The molecule has 0 aromatic rings. The molecule has 6 rings (SSSR count). The predicted molar refractivity (Wildman–Crippen MR) is 136 cm³/mol. The fourth-order valence-electron chi connectivity index (χ4n) is 10.2. The fraction of sp³-hybridized carbons (Fsp3) is 0.897. The lowest BCUT2D eigenvalue weighted by Crippen LogP contribution is -2.63. The topological polar surface area (TPSA) is 129 Å². The molecule has 214 valence electrons. The highest BCUT2D eigenvalue weighted by Gasteiger charge is 2.68. The summed E-state index contributed by atoms with van der Waals surface area (Å²) in [5, 5.41) is 44.6. The van der Waals surface area contributed by atoms with Crippen molar-refractivity contribution in [2.45, 2.75) is 108 Å². The number of hydroxylamine groups is 2. The summed E-state index contributed by atoms with van der Waals surface area (Å²) in [5.74, 6) is 1.11. The van der Waals surface area contributed by atoms with Crippen LogP contribution in [-0.4, -0.2) is 88.0 Å². The van der Waals surface area contributed by atoms with E-state index in [0.717, 1.165) is 63.4 Å². The summed E-state index contributed by atoms with van der Waals surface area (Å²) in [6, 6.07) is 0.0403. The Morgan fingerprint density at radius 1 is 1.05 bits per heavy atom. The third kappa shape index (κ3) is 3.72. The Balaban J connectivity index is 1.19. The lowest BCUT2D eigenvalue weighted by Gasteiger charge is -2.64. The molecule has 4 saturated carbocycles. The van der Waals surface area contributed by atoms with Crippen molar-refractivity contribution in [1.29, 1.82) is 0 Å². The third-order valence-corrected chi connectivity index (χ3v) is 12.3. The van der Waals surface area contributed by atoms with E-state index in [9.17, 15) is 25.2 Å². The summed E-state index contributed by atoms with van der Waals surface area (Å²) in [6.45, 7) is 4.70. The Kier molecular flexibility index (Phi) is 6.78. The summed E-state index contributed by atoms with van der Waals surface area (Å²) in [7, 11) is 1.58. The molecule has 4 unspecified atom stereocenters. The highest BCUT2D eigenvalue weighted by molar-refractivity contribution is 5.85. The number of hydrogen-bond donors (Lipinski definition) is 4. The summed E-state index contributed by atoms with van der Waals surface area (Å²) in [5.41, 5.74) is 0.216. The molecule has 1 saturated heterocycles. The van der Waals surface area contributed by atoms with Gasteiger partial charge < -0.3 is 29.9 Å². The molecular weight excluding hydrogens is 490 g/mol. The van der Waals surface area contributed by atoms with Crippen molar-refractivity contribution in [2.75, 3.05) is 20.3 Å². The first-order chi connectivity index (χ1) is 18.1. The van der Waals surface area contributed by atoms with Gasteiger partial charge in [-0.05, 0) is 92.4 Å². The Morgan fingerprint density at radius 3 is 2.50 bits per heavy atom. The Hall–Kier alpha value is -1.07. The molecule has 0 bridgehead atoms. The molecule has 0 spiro atoms. The van der Waals surface area contributed by atoms with E-state index < -0.39 is 30.1 Å². The molecule has 4 aliphatic carbocycles. The molecule has 2 heterocycles. The number of fused-ring (bicyclic) bond motifs is 5. The fourth-order valence-corrected chi connectivity index (χ4v) is 10.2. The van der Waals surface area contributed by atoms with Crippen molar-refractivity contribution >= 4 is 5.97 Å². The van der Waals surface area contributed by atoms with E-state index in [1.807, 2.05) is 0 Å². The molecule has 0 aromatic carbocycles. The second-order valence-electron chi connectivity index (χ2n) is 13.5. The standard InChI is InChI=1S/C29H45NO8/c1-27-9-6-18(30(36-3)26-25(34)24(33)22(14-31)38-26)13-17(27)4-5-21-20(27)7-10-28(2)19(8-11-29(21,28)35)16-12-23(32)37-15-16/h12,17-22,24-26,31,33-35H,4-11,13-15H2,1-3H3/t17?,18-,19+,20?,21?,22+,24+,25+,26?,27-,28+,29-/m0/s1. The van der Waals surface area contributed by atoms with Crippen LogP contribution >= 0.6 is 0 Å². The first kappa shape index (κ1) is 27.1. The van der Waals surface area contributed by atoms with Crippen molar-refractivity contribution in [1.82, 2.24) is 5.06 Å². The van der Waals surface area contributed by atoms with Gasteiger partial charge in [-0.3, -0.25) is 4.84 Å². The molecule has 38 heavy (non-hydrogen) atoms. The summed E-state index contributed by atoms with van der Waals surface area (Å²) >= 11 is 0. The van der Waals surface area contributed by atoms with Gasteiger partial charge in [0.25, 0.3) is 0 Å². The summed E-state index contributed by atoms with van der Waals surface area (Å²) in [6.07, 6.45) is 6.29. The molecule has 2 aliphatic heterocycles. The SMILES string of the molecule is CON(C1O[C@H](CO)[C@@H](O)[C@H]1O)[C@H]1CC[C@@]2(C)C(CCC3C2CC[C@]2(C)[C@@H](C4=CC(=O)OC4)CC[C@]32O)C1. The maximum atomic E-state index is 12.4. The quantitative estimate of drug-likeness (QED) is 0.308. The second kappa shape index (κ2) is 9.50. The van der Waals surface area contributed by atoms with Gasteiger partial charge in [0, 0.05) is 17.5 Å². The number of rotatable bonds is 5. The van der Waals surface area contributed by atoms with Crippen LogP contribution < -0.4 is 0 Å². The number of carbonyl (C=O) groups is 1. The van der Waals surface area contributed by atoms with E-state index in [0.29, 0.717) is 18.4 Å². The van der Waals surface area contributed by atoms with Gasteiger partial charge in [0.1, 0.15) is 24.9 Å². The van der Waals surface area contributed by atoms with Gasteiger partial charge in [-0.2, -0.15) is 5.06 Å². The highest BCUT2D eigenvalue weighted by Crippen LogP contribution is 2.70. The average Bonchev–Trinajstić information content (AvgIpc) is 3.53. The Labute approximate surface area is 225 Å². The molecule has 5 fully saturated rings. The number of nitrogens with zero attached hydrogens (tertiary/aromatic N) is 1. The maximum Gasteiger partial charge on any atom is 0.331 e. The van der Waals surface area contributed by atoms with Crippen LogP contribution in [-0.2, 0) is 19.1 Å². The van der Waals surface area contributed by atoms with E-state index in [-0.39, 0.29) is 41.3 Å². The Morgan fingerprint density at radius 2 is 1.84 bits per heavy atom. The van der Waals surface area contributed by atoms with Crippen molar-refractivity contribution in [3.63, 3.8) is 0 Å². The molecule has 4 N–H and O–H groups in total. The molecule has 6 aliphatic rings. The van der Waals surface area contributed by atoms with Crippen LogP contribution in [0.3, 0.4) is 0 Å². The number of ether oxygens (including phenoxy) is 2. The van der Waals surface area contributed by atoms with Gasteiger partial charge in [-0.25, -0.2) is 4.79 Å². The number of carbonyl (C=O) groups excluding carboxylic acids is 1. The minimum Gasteiger partial charge on any atom is -0.458 e. The van der Waals surface area contributed by atoms with Crippen LogP contribution in [0.4, 0.5) is 0 Å². The smallest absolute Gasteiger partial charge is 0.331 e. The normalized spacial score (nSPS) is 52.4. The summed E-state index contributed by atoms with van der Waals surface area (Å²) < 4.78 is 11.1. The first-order valence-electron chi connectivity index (χ1n) is 14.6. The van der Waals surface area contributed by atoms with Gasteiger partial charge in [-0.1, -0.05) is 13.8 Å². The van der Waals surface area contributed by atoms with Crippen LogP contribution in [0, 0.1) is 34.5 Å². The lowest BCUT2D eigenvalue weighted by molar-refractivity contribution is -0.284. The van der Waals surface area contributed by atoms with E-state index in [2.05, 4.69) is 13.8 Å². The zero-order valence-electron chi connectivity index (χ0n) is 22.9. The van der Waals surface area contributed by atoms with Crippen LogP contribution in [0.2, 0.25) is 0 Å². The van der Waals surface area contributed by atoms with E-state index in [4.69, 9.17) is 14.3 Å². The van der Waals surface area contributed by atoms with Crippen LogP contribution in [0.5, 0.6) is 0 Å². The number of aliphatic hydroxyl groups is 4. The van der Waals surface area contributed by atoms with E-state index in [1.165, 1.54) is 0 Å². The average molecular weight is 536 g/mol. The second-order valence-corrected chi connectivity index (χ2v) is 13.5. The van der Waals surface area contributed by atoms with Gasteiger partial charge in [-0.15, -0.1) is 0 Å². The largest absolute Gasteiger partial charge is 0.458 e. The number of cyclic esters (lactones) is 1. The number of hydrogen-bond acceptors (Lipinski definition) is 9. The van der Waals surface area contributed by atoms with Gasteiger partial charge in [0.2, 0.25) is 0 Å². The van der Waals surface area contributed by atoms with Gasteiger partial charge in [0.05, 0.1) is 19.3 Å². The monoisotopic (exact) mass is 535 g/mol. The first-order valence-corrected chi connectivity index (χ1v) is 14.6. The van der Waals surface area contributed by atoms with E-state index in [1.54, 1.807) is 18.2 Å². The summed E-state index contributed by atoms with van der Waals surface area (Å²) in [4.78, 5) is 17.5. The van der Waals surface area contributed by atoms with Crippen LogP contribution in [0.1, 0.15) is 71.6 Å². The Bertz CT molecular complexity index is 974. The number of esters is 1. The van der Waals surface area contributed by atoms with Crippen LogP contribution in [0.15, 0.2) is 11.6 Å². The zero-order chi connectivity index (χ0) is 27.0. The minimum atomic E-state index is -1.15. The van der Waals surface area contributed by atoms with Crippen molar-refractivity contribution in [3.05, 3.63) is 11.6 Å². The predicted octanol–water partition coefficient (Wildman–Crippen LogP) is 1.91. The molecule has 0 amide bonds. The molecule has 9 heteroatoms. The maximum absolute atomic E-state index is 12.4.